The largest absolute Gasteiger partial charge is 0.348 e. The van der Waals surface area contributed by atoms with E-state index in [0.717, 1.165) is 17.4 Å². The summed E-state index contributed by atoms with van der Waals surface area (Å²) in [4.78, 5) is 12.4. The Hall–Kier alpha value is -2.85. The van der Waals surface area contributed by atoms with Crippen LogP contribution < -0.4 is 10.0 Å². The molecular weight excluding hydrogens is 350 g/mol. The maximum absolute atomic E-state index is 12.4. The molecule has 1 heterocycles. The molecule has 0 aromatic heterocycles. The van der Waals surface area contributed by atoms with E-state index >= 15 is 0 Å². The molecule has 0 radical (unpaired) electrons. The molecule has 7 heteroatoms. The van der Waals surface area contributed by atoms with Crippen LogP contribution in [0.2, 0.25) is 0 Å². The normalized spacial score (nSPS) is 22.9. The Morgan fingerprint density at radius 3 is 2.31 bits per heavy atom. The third kappa shape index (κ3) is 4.03. The summed E-state index contributed by atoms with van der Waals surface area (Å²) in [6.07, 6.45) is 1.70. The van der Waals surface area contributed by atoms with E-state index in [4.69, 9.17) is 0 Å². The average molecular weight is 369 g/mol. The summed E-state index contributed by atoms with van der Waals surface area (Å²) in [5, 5.41) is 12.3. The SMILES string of the molecule is CS(=O)(=O)Nc1ccc(C2CC(c3ccccc3)C(C#N)C(=O)N2)cc1. The number of anilines is 1. The fourth-order valence-electron chi connectivity index (χ4n) is 3.29. The molecule has 26 heavy (non-hydrogen) atoms. The van der Waals surface area contributed by atoms with E-state index in [-0.39, 0.29) is 17.9 Å². The van der Waals surface area contributed by atoms with Gasteiger partial charge in [-0.3, -0.25) is 9.52 Å². The smallest absolute Gasteiger partial charge is 0.238 e. The maximum Gasteiger partial charge on any atom is 0.238 e. The molecule has 2 N–H and O–H groups in total. The van der Waals surface area contributed by atoms with Crippen LogP contribution in [0.1, 0.15) is 29.5 Å². The molecule has 3 unspecified atom stereocenters. The Bertz CT molecular complexity index is 934. The number of rotatable bonds is 4. The van der Waals surface area contributed by atoms with Gasteiger partial charge in [-0.1, -0.05) is 42.5 Å². The molecule has 2 aromatic rings. The van der Waals surface area contributed by atoms with E-state index in [1.54, 1.807) is 24.3 Å². The highest BCUT2D eigenvalue weighted by atomic mass is 32.2. The van der Waals surface area contributed by atoms with Crippen molar-refractivity contribution in [3.05, 3.63) is 65.7 Å². The van der Waals surface area contributed by atoms with Crippen LogP contribution in [-0.4, -0.2) is 20.6 Å². The molecule has 0 saturated carbocycles. The average Bonchev–Trinajstić information content (AvgIpc) is 2.61. The first-order valence-corrected chi connectivity index (χ1v) is 10.1. The van der Waals surface area contributed by atoms with Gasteiger partial charge in [-0.15, -0.1) is 0 Å². The van der Waals surface area contributed by atoms with Crippen LogP contribution in [0.25, 0.3) is 0 Å². The molecule has 6 nitrogen and oxygen atoms in total. The Morgan fingerprint density at radius 1 is 1.08 bits per heavy atom. The first kappa shape index (κ1) is 18.0. The lowest BCUT2D eigenvalue weighted by molar-refractivity contribution is -0.126. The third-order valence-corrected chi connectivity index (χ3v) is 5.08. The third-order valence-electron chi connectivity index (χ3n) is 4.47. The van der Waals surface area contributed by atoms with Crippen LogP contribution in [0, 0.1) is 17.2 Å². The van der Waals surface area contributed by atoms with Gasteiger partial charge < -0.3 is 5.32 Å². The summed E-state index contributed by atoms with van der Waals surface area (Å²) in [7, 11) is -3.33. The standard InChI is InChI=1S/C19H19N3O3S/c1-26(24,25)22-15-9-7-14(8-10-15)18-11-16(13-5-3-2-4-6-13)17(12-20)19(23)21-18/h2-10,16-18,22H,11H2,1H3,(H,21,23). The van der Waals surface area contributed by atoms with E-state index in [1.165, 1.54) is 0 Å². The lowest BCUT2D eigenvalue weighted by Crippen LogP contribution is -2.42. The molecule has 1 amide bonds. The van der Waals surface area contributed by atoms with E-state index in [2.05, 4.69) is 16.1 Å². The second kappa shape index (κ2) is 7.18. The molecular formula is C19H19N3O3S. The Labute approximate surface area is 152 Å². The number of hydrogen-bond acceptors (Lipinski definition) is 4. The van der Waals surface area contributed by atoms with Crippen LogP contribution in [0.5, 0.6) is 0 Å². The molecule has 1 aliphatic heterocycles. The summed E-state index contributed by atoms with van der Waals surface area (Å²) in [5.41, 5.74) is 2.30. The minimum absolute atomic E-state index is 0.186. The molecule has 3 atom stereocenters. The van der Waals surface area contributed by atoms with Crippen LogP contribution >= 0.6 is 0 Å². The van der Waals surface area contributed by atoms with Crippen molar-refractivity contribution < 1.29 is 13.2 Å². The lowest BCUT2D eigenvalue weighted by Gasteiger charge is -2.33. The summed E-state index contributed by atoms with van der Waals surface area (Å²) >= 11 is 0. The van der Waals surface area contributed by atoms with Crippen molar-refractivity contribution in [1.29, 1.82) is 5.26 Å². The van der Waals surface area contributed by atoms with Crippen molar-refractivity contribution in [2.45, 2.75) is 18.4 Å². The van der Waals surface area contributed by atoms with E-state index in [1.807, 2.05) is 30.3 Å². The van der Waals surface area contributed by atoms with Gasteiger partial charge in [0.1, 0.15) is 5.92 Å². The molecule has 3 rings (SSSR count). The maximum atomic E-state index is 12.4. The number of nitrogens with one attached hydrogen (secondary N) is 2. The highest BCUT2D eigenvalue weighted by Gasteiger charge is 2.37. The second-order valence-electron chi connectivity index (χ2n) is 6.42. The molecule has 2 aromatic carbocycles. The number of hydrogen-bond donors (Lipinski definition) is 2. The zero-order chi connectivity index (χ0) is 18.7. The van der Waals surface area contributed by atoms with Crippen LogP contribution in [0.4, 0.5) is 5.69 Å². The van der Waals surface area contributed by atoms with Crippen molar-refractivity contribution in [2.24, 2.45) is 5.92 Å². The first-order valence-electron chi connectivity index (χ1n) is 8.20. The zero-order valence-corrected chi connectivity index (χ0v) is 15.0. The summed E-state index contributed by atoms with van der Waals surface area (Å²) in [6.45, 7) is 0. The quantitative estimate of drug-likeness (QED) is 0.865. The number of benzene rings is 2. The van der Waals surface area contributed by atoms with Gasteiger partial charge in [0.05, 0.1) is 18.4 Å². The summed E-state index contributed by atoms with van der Waals surface area (Å²) in [5.74, 6) is -1.19. The molecule has 1 fully saturated rings. The van der Waals surface area contributed by atoms with E-state index < -0.39 is 15.9 Å². The topological polar surface area (TPSA) is 99.1 Å². The van der Waals surface area contributed by atoms with Gasteiger partial charge in [0.25, 0.3) is 0 Å². The number of sulfonamides is 1. The zero-order valence-electron chi connectivity index (χ0n) is 14.2. The highest BCUT2D eigenvalue weighted by Crippen LogP contribution is 2.38. The monoisotopic (exact) mass is 369 g/mol. The van der Waals surface area contributed by atoms with Crippen LogP contribution in [0.3, 0.4) is 0 Å². The second-order valence-corrected chi connectivity index (χ2v) is 8.17. The van der Waals surface area contributed by atoms with Crippen molar-refractivity contribution in [3.8, 4) is 6.07 Å². The predicted molar refractivity (Wildman–Crippen MR) is 98.7 cm³/mol. The molecule has 0 aliphatic carbocycles. The Morgan fingerprint density at radius 2 is 1.73 bits per heavy atom. The van der Waals surface area contributed by atoms with Crippen molar-refractivity contribution in [1.82, 2.24) is 5.32 Å². The van der Waals surface area contributed by atoms with Crippen molar-refractivity contribution >= 4 is 21.6 Å². The predicted octanol–water partition coefficient (Wildman–Crippen LogP) is 2.54. The van der Waals surface area contributed by atoms with Crippen molar-refractivity contribution in [2.75, 3.05) is 11.0 Å². The summed E-state index contributed by atoms with van der Waals surface area (Å²) in [6, 6.07) is 18.4. The number of nitriles is 1. The van der Waals surface area contributed by atoms with Gasteiger partial charge in [-0.05, 0) is 29.7 Å². The fraction of sp³-hybridized carbons (Fsp3) is 0.263. The number of amides is 1. The van der Waals surface area contributed by atoms with Gasteiger partial charge in [0, 0.05) is 11.6 Å². The number of carbonyl (C=O) groups is 1. The first-order chi connectivity index (χ1) is 12.4. The van der Waals surface area contributed by atoms with Gasteiger partial charge in [-0.2, -0.15) is 5.26 Å². The Kier molecular flexibility index (Phi) is 4.96. The molecule has 1 aliphatic rings. The lowest BCUT2D eigenvalue weighted by atomic mass is 9.77. The minimum atomic E-state index is -3.33. The molecule has 0 bridgehead atoms. The van der Waals surface area contributed by atoms with Gasteiger partial charge in [0.15, 0.2) is 0 Å². The number of nitrogens with zero attached hydrogens (tertiary/aromatic N) is 1. The van der Waals surface area contributed by atoms with Gasteiger partial charge in [-0.25, -0.2) is 8.42 Å². The molecule has 0 spiro atoms. The fourth-order valence-corrected chi connectivity index (χ4v) is 3.85. The number of piperidine rings is 1. The van der Waals surface area contributed by atoms with Gasteiger partial charge >= 0.3 is 0 Å². The van der Waals surface area contributed by atoms with Gasteiger partial charge in [0.2, 0.25) is 15.9 Å². The Balaban J connectivity index is 1.85. The highest BCUT2D eigenvalue weighted by molar-refractivity contribution is 7.92. The van der Waals surface area contributed by atoms with Crippen LogP contribution in [0.15, 0.2) is 54.6 Å². The summed E-state index contributed by atoms with van der Waals surface area (Å²) < 4.78 is 25.0. The van der Waals surface area contributed by atoms with Crippen molar-refractivity contribution in [3.63, 3.8) is 0 Å². The molecule has 1 saturated heterocycles. The number of carbonyl (C=O) groups excluding carboxylic acids is 1. The van der Waals surface area contributed by atoms with E-state index in [9.17, 15) is 18.5 Å². The van der Waals surface area contributed by atoms with Crippen LogP contribution in [-0.2, 0) is 14.8 Å². The minimum Gasteiger partial charge on any atom is -0.348 e. The molecule has 134 valence electrons. The van der Waals surface area contributed by atoms with E-state index in [0.29, 0.717) is 12.1 Å².